The van der Waals surface area contributed by atoms with E-state index in [0.29, 0.717) is 11.3 Å². The molecular weight excluding hydrogens is 776 g/mol. The predicted molar refractivity (Wildman–Crippen MR) is 209 cm³/mol. The van der Waals surface area contributed by atoms with Gasteiger partial charge < -0.3 is 46.9 Å². The summed E-state index contributed by atoms with van der Waals surface area (Å²) >= 11 is 0. The first-order valence-electron chi connectivity index (χ1n) is 18.7. The fourth-order valence-corrected chi connectivity index (χ4v) is 6.56. The summed E-state index contributed by atoms with van der Waals surface area (Å²) in [6, 6.07) is 8.61. The number of nitrogens with two attached hydrogens (primary N) is 2. The van der Waals surface area contributed by atoms with E-state index in [1.165, 1.54) is 4.90 Å². The minimum atomic E-state index is -1.50. The number of primary amides is 2. The number of carboxylic acid groups (broad SMARTS) is 2. The number of rotatable bonds is 23. The van der Waals surface area contributed by atoms with Crippen LogP contribution in [0.5, 0.6) is 0 Å². The Morgan fingerprint density at radius 1 is 0.881 bits per heavy atom. The van der Waals surface area contributed by atoms with E-state index in [1.54, 1.807) is 16.8 Å². The Bertz CT molecular complexity index is 1990. The first-order valence-corrected chi connectivity index (χ1v) is 18.7. The van der Waals surface area contributed by atoms with Crippen molar-refractivity contribution in [2.24, 2.45) is 16.9 Å². The molecule has 2 aromatic carbocycles. The molecule has 0 saturated heterocycles. The first kappa shape index (κ1) is 47.2. The summed E-state index contributed by atoms with van der Waals surface area (Å²) < 4.78 is 31.3. The number of benzene rings is 2. The first-order chi connectivity index (χ1) is 27.7. The van der Waals surface area contributed by atoms with Gasteiger partial charge in [0.2, 0.25) is 29.5 Å². The summed E-state index contributed by atoms with van der Waals surface area (Å²) in [6.07, 6.45) is -0.609. The lowest BCUT2D eigenvalue weighted by atomic mass is 9.82. The van der Waals surface area contributed by atoms with Crippen LogP contribution in [-0.4, -0.2) is 104 Å². The SMILES string of the molecule is CC(C)(C)[C@H](c1cc(-c2cc(F)ccc2F)cn1Cc1ccccc1)N(CC[C@H](N[C@@H](CC(N)=O)C(N)=O)C(=O)NCCC(=O)N[C@H](CCC(=O)O)C(=O)O)C(=O)CO. The van der Waals surface area contributed by atoms with Crippen molar-refractivity contribution in [3.63, 3.8) is 0 Å². The maximum atomic E-state index is 15.2. The average molecular weight is 828 g/mol. The van der Waals surface area contributed by atoms with E-state index in [1.807, 2.05) is 51.1 Å². The van der Waals surface area contributed by atoms with Crippen molar-refractivity contribution in [1.82, 2.24) is 25.4 Å². The number of aliphatic carboxylic acids is 2. The molecule has 0 aliphatic rings. The van der Waals surface area contributed by atoms with E-state index in [9.17, 15) is 48.2 Å². The molecule has 0 aliphatic heterocycles. The molecular formula is C40H51F2N7O10. The van der Waals surface area contributed by atoms with E-state index < -0.39 is 109 Å². The summed E-state index contributed by atoms with van der Waals surface area (Å²) in [6.45, 7) is 4.08. The molecule has 0 saturated carbocycles. The van der Waals surface area contributed by atoms with Gasteiger partial charge in [-0.25, -0.2) is 13.6 Å². The van der Waals surface area contributed by atoms with Gasteiger partial charge in [-0.05, 0) is 48.1 Å². The van der Waals surface area contributed by atoms with Crippen molar-refractivity contribution in [2.75, 3.05) is 19.7 Å². The van der Waals surface area contributed by atoms with E-state index in [0.717, 1.165) is 23.8 Å². The molecule has 1 heterocycles. The van der Waals surface area contributed by atoms with Crippen LogP contribution < -0.4 is 27.4 Å². The minimum Gasteiger partial charge on any atom is -0.481 e. The number of aromatic nitrogens is 1. The number of nitrogens with zero attached hydrogens (tertiary/aromatic N) is 2. The van der Waals surface area contributed by atoms with Crippen LogP contribution >= 0.6 is 0 Å². The maximum Gasteiger partial charge on any atom is 0.326 e. The molecule has 59 heavy (non-hydrogen) atoms. The number of carboxylic acids is 2. The van der Waals surface area contributed by atoms with Crippen LogP contribution in [-0.2, 0) is 40.1 Å². The van der Waals surface area contributed by atoms with Crippen LogP contribution in [0.3, 0.4) is 0 Å². The highest BCUT2D eigenvalue weighted by Crippen LogP contribution is 2.41. The van der Waals surface area contributed by atoms with Gasteiger partial charge in [0.15, 0.2) is 0 Å². The third-order valence-corrected chi connectivity index (χ3v) is 9.29. The second-order valence-corrected chi connectivity index (χ2v) is 15.0. The summed E-state index contributed by atoms with van der Waals surface area (Å²) in [4.78, 5) is 87.8. The van der Waals surface area contributed by atoms with Gasteiger partial charge in [0, 0.05) is 55.5 Å². The molecule has 5 amide bonds. The van der Waals surface area contributed by atoms with Gasteiger partial charge in [0.1, 0.15) is 24.3 Å². The number of nitrogens with one attached hydrogen (secondary N) is 3. The Kier molecular flexibility index (Phi) is 17.2. The lowest BCUT2D eigenvalue weighted by Gasteiger charge is -2.41. The molecule has 19 heteroatoms. The Balaban J connectivity index is 2.01. The number of halogens is 2. The molecule has 0 aliphatic carbocycles. The smallest absolute Gasteiger partial charge is 0.326 e. The molecule has 4 atom stereocenters. The molecule has 0 bridgehead atoms. The van der Waals surface area contributed by atoms with Crippen molar-refractivity contribution in [2.45, 2.75) is 83.6 Å². The molecule has 0 unspecified atom stereocenters. The second-order valence-electron chi connectivity index (χ2n) is 15.0. The zero-order valence-electron chi connectivity index (χ0n) is 33.0. The van der Waals surface area contributed by atoms with E-state index >= 15 is 4.39 Å². The Morgan fingerprint density at radius 2 is 1.56 bits per heavy atom. The zero-order valence-corrected chi connectivity index (χ0v) is 33.0. The second kappa shape index (κ2) is 21.5. The van der Waals surface area contributed by atoms with Crippen molar-refractivity contribution in [1.29, 1.82) is 0 Å². The van der Waals surface area contributed by atoms with E-state index in [-0.39, 0.29) is 38.0 Å². The normalized spacial score (nSPS) is 13.4. The molecule has 17 nitrogen and oxygen atoms in total. The van der Waals surface area contributed by atoms with E-state index in [2.05, 4.69) is 16.0 Å². The average Bonchev–Trinajstić information content (AvgIpc) is 3.55. The van der Waals surface area contributed by atoms with E-state index in [4.69, 9.17) is 16.6 Å². The fraction of sp³-hybridized carbons (Fsp3) is 0.425. The Morgan fingerprint density at radius 3 is 2.14 bits per heavy atom. The van der Waals surface area contributed by atoms with Gasteiger partial charge in [-0.2, -0.15) is 0 Å². The molecule has 0 spiro atoms. The Labute approximate surface area is 339 Å². The topological polar surface area (TPSA) is 276 Å². The molecule has 1 aromatic heterocycles. The van der Waals surface area contributed by atoms with Crippen LogP contribution in [0.2, 0.25) is 0 Å². The number of aliphatic hydroxyl groups excluding tert-OH is 1. The number of carbonyl (C=O) groups excluding carboxylic acids is 5. The number of amides is 5. The highest BCUT2D eigenvalue weighted by atomic mass is 19.1. The molecule has 0 fully saturated rings. The van der Waals surface area contributed by atoms with Crippen LogP contribution in [0.15, 0.2) is 60.8 Å². The van der Waals surface area contributed by atoms with Crippen molar-refractivity contribution in [3.05, 3.63) is 83.7 Å². The lowest BCUT2D eigenvalue weighted by molar-refractivity contribution is -0.143. The Hall–Kier alpha value is -6.21. The molecule has 3 rings (SSSR count). The van der Waals surface area contributed by atoms with Crippen molar-refractivity contribution in [3.8, 4) is 11.1 Å². The highest BCUT2D eigenvalue weighted by molar-refractivity contribution is 5.89. The van der Waals surface area contributed by atoms with Crippen LogP contribution in [0.25, 0.3) is 11.1 Å². The molecule has 320 valence electrons. The summed E-state index contributed by atoms with van der Waals surface area (Å²) in [7, 11) is 0. The number of hydrogen-bond acceptors (Lipinski definition) is 9. The van der Waals surface area contributed by atoms with Crippen LogP contribution in [0.4, 0.5) is 8.78 Å². The van der Waals surface area contributed by atoms with Gasteiger partial charge in [0.25, 0.3) is 0 Å². The van der Waals surface area contributed by atoms with Crippen LogP contribution in [0.1, 0.15) is 70.2 Å². The zero-order chi connectivity index (χ0) is 44.0. The predicted octanol–water partition coefficient (Wildman–Crippen LogP) is 1.41. The van der Waals surface area contributed by atoms with Gasteiger partial charge >= 0.3 is 11.9 Å². The monoisotopic (exact) mass is 827 g/mol. The van der Waals surface area contributed by atoms with Crippen molar-refractivity contribution >= 4 is 41.5 Å². The summed E-state index contributed by atoms with van der Waals surface area (Å²) in [5, 5.41) is 35.9. The molecule has 10 N–H and O–H groups in total. The van der Waals surface area contributed by atoms with Gasteiger partial charge in [0.05, 0.1) is 24.5 Å². The van der Waals surface area contributed by atoms with Gasteiger partial charge in [-0.15, -0.1) is 0 Å². The lowest BCUT2D eigenvalue weighted by Crippen LogP contribution is -2.55. The number of hydrogen-bond donors (Lipinski definition) is 8. The maximum absolute atomic E-state index is 15.2. The summed E-state index contributed by atoms with van der Waals surface area (Å²) in [5.74, 6) is -8.47. The molecule has 3 aromatic rings. The third-order valence-electron chi connectivity index (χ3n) is 9.29. The van der Waals surface area contributed by atoms with Crippen molar-refractivity contribution < 1.29 is 57.7 Å². The van der Waals surface area contributed by atoms with Gasteiger partial charge in [-0.3, -0.25) is 34.1 Å². The highest BCUT2D eigenvalue weighted by Gasteiger charge is 2.38. The fourth-order valence-electron chi connectivity index (χ4n) is 6.56. The molecule has 0 radical (unpaired) electrons. The standard InChI is InChI=1S/C40H51F2N7O10/c1-40(2,3)36(31-17-24(26-18-25(41)9-10-27(26)42)21-48(31)20-23-7-5-4-6-8-23)49(34(53)22-50)16-14-28(46-30(37(44)56)19-32(43)51)38(57)45-15-13-33(52)47-29(39(58)59)11-12-35(54)55/h4-10,17-18,21,28-30,36,46,50H,11-16,19-20,22H2,1-3H3,(H2,43,51)(H2,44,56)(H,45,57)(H,47,52)(H,54,55)(H,58,59)/t28-,29+,30-,36-/m0/s1. The largest absolute Gasteiger partial charge is 0.481 e. The number of aliphatic hydroxyl groups is 1. The van der Waals surface area contributed by atoms with Crippen LogP contribution in [0, 0.1) is 17.0 Å². The quantitative estimate of drug-likeness (QED) is 0.0677. The van der Waals surface area contributed by atoms with Gasteiger partial charge in [-0.1, -0.05) is 51.1 Å². The number of carbonyl (C=O) groups is 7. The third kappa shape index (κ3) is 14.3. The minimum absolute atomic E-state index is 0.0361. The summed E-state index contributed by atoms with van der Waals surface area (Å²) in [5.41, 5.74) is 11.6.